The lowest BCUT2D eigenvalue weighted by atomic mass is 10.1. The van der Waals surface area contributed by atoms with Gasteiger partial charge >= 0.3 is 5.97 Å². The van der Waals surface area contributed by atoms with Crippen LogP contribution < -0.4 is 4.90 Å². The summed E-state index contributed by atoms with van der Waals surface area (Å²) in [4.78, 5) is 27.1. The largest absolute Gasteiger partial charge is 0.462 e. The van der Waals surface area contributed by atoms with E-state index in [1.807, 2.05) is 25.1 Å². The molecule has 2 aromatic carbocycles. The van der Waals surface area contributed by atoms with Gasteiger partial charge in [-0.3, -0.25) is 9.69 Å². The van der Waals surface area contributed by atoms with E-state index < -0.39 is 11.2 Å². The Morgan fingerprint density at radius 3 is 2.57 bits per heavy atom. The number of ether oxygens (including phenoxy) is 1. The number of amides is 1. The molecule has 0 radical (unpaired) electrons. The zero-order valence-corrected chi connectivity index (χ0v) is 18.6. The molecule has 0 N–H and O–H groups in total. The van der Waals surface area contributed by atoms with Gasteiger partial charge in [0.15, 0.2) is 5.57 Å². The lowest BCUT2D eigenvalue weighted by Gasteiger charge is -2.18. The van der Waals surface area contributed by atoms with E-state index in [9.17, 15) is 14.9 Å². The number of nitrogens with zero attached hydrogens (tertiary/aromatic N) is 2. The second-order valence-corrected chi connectivity index (χ2v) is 8.60. The summed E-state index contributed by atoms with van der Waals surface area (Å²) in [6.07, 6.45) is 0.302. The summed E-state index contributed by atoms with van der Waals surface area (Å²) >= 11 is 13.5. The summed E-state index contributed by atoms with van der Waals surface area (Å²) in [5, 5.41) is 10.3. The van der Waals surface area contributed by atoms with Gasteiger partial charge in [-0.05, 0) is 56.2 Å². The normalized spacial score (nSPS) is 17.6. The molecule has 8 heteroatoms. The van der Waals surface area contributed by atoms with E-state index in [0.29, 0.717) is 22.2 Å². The highest BCUT2D eigenvalue weighted by Gasteiger charge is 2.41. The van der Waals surface area contributed by atoms with Crippen LogP contribution in [0.5, 0.6) is 0 Å². The third-order valence-electron chi connectivity index (χ3n) is 4.46. The fourth-order valence-electron chi connectivity index (χ4n) is 3.00. The summed E-state index contributed by atoms with van der Waals surface area (Å²) < 4.78 is 5.03. The van der Waals surface area contributed by atoms with Crippen molar-refractivity contribution in [2.24, 2.45) is 0 Å². The number of hydrogen-bond acceptors (Lipinski definition) is 5. The lowest BCUT2D eigenvalue weighted by molar-refractivity contribution is -0.138. The first kappa shape index (κ1) is 22.2. The van der Waals surface area contributed by atoms with Crippen molar-refractivity contribution in [3.05, 3.63) is 74.2 Å². The van der Waals surface area contributed by atoms with Gasteiger partial charge in [-0.15, -0.1) is 0 Å². The topological polar surface area (TPSA) is 70.4 Å². The number of nitriles is 1. The van der Waals surface area contributed by atoms with Gasteiger partial charge in [0.25, 0.3) is 0 Å². The molecular formula is C22H18Cl2N2O3S. The van der Waals surface area contributed by atoms with Crippen LogP contribution in [0, 0.1) is 18.3 Å². The van der Waals surface area contributed by atoms with Crippen molar-refractivity contribution in [2.45, 2.75) is 25.5 Å². The van der Waals surface area contributed by atoms with E-state index in [1.165, 1.54) is 4.90 Å². The van der Waals surface area contributed by atoms with E-state index in [1.54, 1.807) is 37.3 Å². The first-order chi connectivity index (χ1) is 14.3. The van der Waals surface area contributed by atoms with Gasteiger partial charge < -0.3 is 4.74 Å². The summed E-state index contributed by atoms with van der Waals surface area (Å²) in [7, 11) is 0. The van der Waals surface area contributed by atoms with Crippen molar-refractivity contribution >= 4 is 52.5 Å². The Morgan fingerprint density at radius 1 is 1.23 bits per heavy atom. The molecule has 1 heterocycles. The van der Waals surface area contributed by atoms with Crippen LogP contribution in [0.3, 0.4) is 0 Å². The second kappa shape index (κ2) is 9.57. The molecule has 1 saturated heterocycles. The van der Waals surface area contributed by atoms with Gasteiger partial charge in [-0.2, -0.15) is 5.26 Å². The van der Waals surface area contributed by atoms with E-state index in [2.05, 4.69) is 0 Å². The molecule has 30 heavy (non-hydrogen) atoms. The minimum absolute atomic E-state index is 0.127. The third-order valence-corrected chi connectivity index (χ3v) is 6.33. The molecule has 0 saturated carbocycles. The van der Waals surface area contributed by atoms with Crippen LogP contribution in [0.1, 0.15) is 18.1 Å². The summed E-state index contributed by atoms with van der Waals surface area (Å²) in [5.41, 5.74) is 2.12. The summed E-state index contributed by atoms with van der Waals surface area (Å²) in [5.74, 6) is -0.999. The van der Waals surface area contributed by atoms with E-state index >= 15 is 0 Å². The molecule has 0 aliphatic carbocycles. The third kappa shape index (κ3) is 4.65. The number of carbonyl (C=O) groups is 2. The fourth-order valence-corrected chi connectivity index (χ4v) is 4.68. The molecule has 3 rings (SSSR count). The van der Waals surface area contributed by atoms with Crippen molar-refractivity contribution in [1.29, 1.82) is 5.26 Å². The fraction of sp³-hybridized carbons (Fsp3) is 0.227. The molecule has 2 aromatic rings. The Morgan fingerprint density at radius 2 is 1.93 bits per heavy atom. The van der Waals surface area contributed by atoms with E-state index in [-0.39, 0.29) is 23.1 Å². The number of benzene rings is 2. The Kier molecular flexibility index (Phi) is 7.09. The molecule has 0 bridgehead atoms. The van der Waals surface area contributed by atoms with Crippen LogP contribution in [0.15, 0.2) is 53.1 Å². The number of aryl methyl sites for hydroxylation is 1. The van der Waals surface area contributed by atoms with E-state index in [0.717, 1.165) is 22.9 Å². The number of carbonyl (C=O) groups excluding carboxylic acids is 2. The zero-order valence-electron chi connectivity index (χ0n) is 16.3. The smallest absolute Gasteiger partial charge is 0.351 e. The SMILES string of the molecule is CCOC(=O)/C(C#N)=C1\SC(Cc2cc(Cl)ccc2Cl)C(=O)N1c1ccc(C)cc1. The summed E-state index contributed by atoms with van der Waals surface area (Å²) in [6.45, 7) is 3.72. The number of halogens is 2. The highest BCUT2D eigenvalue weighted by Crippen LogP contribution is 2.42. The minimum atomic E-state index is -0.756. The van der Waals surface area contributed by atoms with Crippen LogP contribution >= 0.6 is 35.0 Å². The van der Waals surface area contributed by atoms with Crippen LogP contribution in [0.4, 0.5) is 5.69 Å². The molecule has 154 valence electrons. The molecule has 1 aliphatic heterocycles. The van der Waals surface area contributed by atoms with Crippen molar-refractivity contribution in [3.63, 3.8) is 0 Å². The molecule has 1 atom stereocenters. The van der Waals surface area contributed by atoms with Gasteiger partial charge in [0.05, 0.1) is 11.9 Å². The molecular weight excluding hydrogens is 443 g/mol. The lowest BCUT2D eigenvalue weighted by Crippen LogP contribution is -2.30. The standard InChI is InChI=1S/C22H18Cl2N2O3S/c1-3-29-22(28)17(12-25)21-26(16-7-4-13(2)5-8-16)20(27)19(30-21)11-14-10-15(23)6-9-18(14)24/h4-10,19H,3,11H2,1-2H3/b21-17-. The van der Waals surface area contributed by atoms with Gasteiger partial charge in [0, 0.05) is 15.7 Å². The van der Waals surface area contributed by atoms with Crippen LogP contribution in [0.25, 0.3) is 0 Å². The van der Waals surface area contributed by atoms with Crippen LogP contribution in [0.2, 0.25) is 10.0 Å². The monoisotopic (exact) mass is 460 g/mol. The molecule has 1 aliphatic rings. The Balaban J connectivity index is 2.06. The number of esters is 1. The molecule has 1 amide bonds. The predicted molar refractivity (Wildman–Crippen MR) is 119 cm³/mol. The highest BCUT2D eigenvalue weighted by atomic mass is 35.5. The highest BCUT2D eigenvalue weighted by molar-refractivity contribution is 8.05. The number of anilines is 1. The number of hydrogen-bond donors (Lipinski definition) is 0. The Bertz CT molecular complexity index is 1060. The second-order valence-electron chi connectivity index (χ2n) is 6.57. The van der Waals surface area contributed by atoms with Gasteiger partial charge in [0.2, 0.25) is 5.91 Å². The number of rotatable bonds is 5. The first-order valence-electron chi connectivity index (χ1n) is 9.18. The minimum Gasteiger partial charge on any atom is -0.462 e. The maximum Gasteiger partial charge on any atom is 0.351 e. The maximum atomic E-state index is 13.3. The van der Waals surface area contributed by atoms with Crippen molar-refractivity contribution in [3.8, 4) is 6.07 Å². The quantitative estimate of drug-likeness (QED) is 0.344. The molecule has 0 aromatic heterocycles. The molecule has 5 nitrogen and oxygen atoms in total. The summed E-state index contributed by atoms with van der Waals surface area (Å²) in [6, 6.07) is 14.3. The number of thioether (sulfide) groups is 1. The van der Waals surface area contributed by atoms with Gasteiger partial charge in [-0.1, -0.05) is 52.7 Å². The van der Waals surface area contributed by atoms with Crippen LogP contribution in [-0.4, -0.2) is 23.7 Å². The molecule has 1 fully saturated rings. The Labute approximate surface area is 189 Å². The van der Waals surface area contributed by atoms with Crippen LogP contribution in [-0.2, 0) is 20.7 Å². The average Bonchev–Trinajstić information content (AvgIpc) is 3.02. The maximum absolute atomic E-state index is 13.3. The van der Waals surface area contributed by atoms with Gasteiger partial charge in [-0.25, -0.2) is 4.79 Å². The van der Waals surface area contributed by atoms with Crippen molar-refractivity contribution in [1.82, 2.24) is 0 Å². The molecule has 1 unspecified atom stereocenters. The predicted octanol–water partition coefficient (Wildman–Crippen LogP) is 5.29. The average molecular weight is 461 g/mol. The first-order valence-corrected chi connectivity index (χ1v) is 10.8. The molecule has 0 spiro atoms. The Hall–Kier alpha value is -2.46. The van der Waals surface area contributed by atoms with Crippen molar-refractivity contribution in [2.75, 3.05) is 11.5 Å². The van der Waals surface area contributed by atoms with Crippen molar-refractivity contribution < 1.29 is 14.3 Å². The van der Waals surface area contributed by atoms with Gasteiger partial charge in [0.1, 0.15) is 11.1 Å². The zero-order chi connectivity index (χ0) is 21.8. The van der Waals surface area contributed by atoms with E-state index in [4.69, 9.17) is 27.9 Å².